The number of amides is 2. The quantitative estimate of drug-likeness (QED) is 0.550. The third-order valence-corrected chi connectivity index (χ3v) is 6.44. The third kappa shape index (κ3) is 4.57. The van der Waals surface area contributed by atoms with Crippen LogP contribution in [0.3, 0.4) is 0 Å². The number of benzene rings is 1. The SMILES string of the molecule is CC1Oc2cc(C(=O)N(C)C)ccc2-c2cnc(Nc3cnc4c(c3)N(C(=O)C(C)(C)C)CCO4)cc21. The Labute approximate surface area is 216 Å². The van der Waals surface area contributed by atoms with Crippen molar-refractivity contribution in [3.63, 3.8) is 0 Å². The summed E-state index contributed by atoms with van der Waals surface area (Å²) in [6, 6.07) is 9.32. The van der Waals surface area contributed by atoms with Crippen LogP contribution < -0.4 is 19.7 Å². The molecule has 37 heavy (non-hydrogen) atoms. The summed E-state index contributed by atoms with van der Waals surface area (Å²) >= 11 is 0. The Balaban J connectivity index is 1.44. The van der Waals surface area contributed by atoms with Gasteiger partial charge in [-0.25, -0.2) is 9.97 Å². The van der Waals surface area contributed by atoms with Crippen molar-refractivity contribution in [2.24, 2.45) is 5.41 Å². The molecule has 0 radical (unpaired) electrons. The molecule has 0 aliphatic carbocycles. The van der Waals surface area contributed by atoms with Gasteiger partial charge < -0.3 is 24.6 Å². The first-order valence-corrected chi connectivity index (χ1v) is 12.3. The maximum absolute atomic E-state index is 13.0. The highest BCUT2D eigenvalue weighted by Gasteiger charge is 2.33. The molecule has 2 amide bonds. The van der Waals surface area contributed by atoms with E-state index in [2.05, 4.69) is 15.3 Å². The van der Waals surface area contributed by atoms with Gasteiger partial charge in [-0.2, -0.15) is 0 Å². The molecule has 1 aromatic carbocycles. The van der Waals surface area contributed by atoms with E-state index in [1.165, 1.54) is 0 Å². The average molecular weight is 502 g/mol. The summed E-state index contributed by atoms with van der Waals surface area (Å²) in [5.41, 5.74) is 4.23. The van der Waals surface area contributed by atoms with Gasteiger partial charge >= 0.3 is 0 Å². The van der Waals surface area contributed by atoms with Crippen molar-refractivity contribution in [1.82, 2.24) is 14.9 Å². The summed E-state index contributed by atoms with van der Waals surface area (Å²) in [6.45, 7) is 8.56. The molecular formula is C28H31N5O4. The Kier molecular flexibility index (Phi) is 6.01. The fraction of sp³-hybridized carbons (Fsp3) is 0.357. The van der Waals surface area contributed by atoms with E-state index in [1.54, 1.807) is 36.2 Å². The predicted molar refractivity (Wildman–Crippen MR) is 142 cm³/mol. The number of carbonyl (C=O) groups excluding carboxylic acids is 2. The summed E-state index contributed by atoms with van der Waals surface area (Å²) in [6.07, 6.45) is 3.25. The Morgan fingerprint density at radius 2 is 1.86 bits per heavy atom. The number of carbonyl (C=O) groups is 2. The lowest BCUT2D eigenvalue weighted by molar-refractivity contribution is -0.126. The molecule has 1 unspecified atom stereocenters. The van der Waals surface area contributed by atoms with Crippen LogP contribution in [-0.4, -0.2) is 53.9 Å². The summed E-state index contributed by atoms with van der Waals surface area (Å²) in [7, 11) is 3.45. The van der Waals surface area contributed by atoms with Crippen molar-refractivity contribution in [3.05, 3.63) is 53.9 Å². The van der Waals surface area contributed by atoms with Gasteiger partial charge in [-0.3, -0.25) is 9.59 Å². The number of hydrogen-bond donors (Lipinski definition) is 1. The molecule has 9 nitrogen and oxygen atoms in total. The van der Waals surface area contributed by atoms with Crippen molar-refractivity contribution in [1.29, 1.82) is 0 Å². The summed E-state index contributed by atoms with van der Waals surface area (Å²) < 4.78 is 11.9. The van der Waals surface area contributed by atoms with E-state index in [-0.39, 0.29) is 17.9 Å². The van der Waals surface area contributed by atoms with E-state index < -0.39 is 5.41 Å². The number of ether oxygens (including phenoxy) is 2. The highest BCUT2D eigenvalue weighted by molar-refractivity contribution is 5.99. The van der Waals surface area contributed by atoms with Crippen LogP contribution in [0.25, 0.3) is 11.1 Å². The van der Waals surface area contributed by atoms with Crippen LogP contribution in [-0.2, 0) is 4.79 Å². The van der Waals surface area contributed by atoms with Crippen molar-refractivity contribution >= 4 is 29.0 Å². The second-order valence-electron chi connectivity index (χ2n) is 10.6. The van der Waals surface area contributed by atoms with Gasteiger partial charge in [-0.1, -0.05) is 20.8 Å². The van der Waals surface area contributed by atoms with Crippen molar-refractivity contribution in [2.45, 2.75) is 33.8 Å². The van der Waals surface area contributed by atoms with Gasteiger partial charge in [-0.15, -0.1) is 0 Å². The highest BCUT2D eigenvalue weighted by atomic mass is 16.5. The normalized spacial score (nSPS) is 15.9. The zero-order valence-electron chi connectivity index (χ0n) is 22.0. The van der Waals surface area contributed by atoms with Crippen LogP contribution >= 0.6 is 0 Å². The standard InChI is InChI=1S/C28H31N5O4/c1-16-20-13-24(29-15-21(20)19-8-7-17(11-23(19)37-16)26(34)32(5)6)31-18-12-22-25(30-14-18)36-10-9-33(22)27(35)28(2,3)4/h7-8,11-16H,9-10H2,1-6H3,(H,29,31). The lowest BCUT2D eigenvalue weighted by atomic mass is 9.94. The monoisotopic (exact) mass is 501 g/mol. The van der Waals surface area contributed by atoms with E-state index in [1.807, 2.05) is 58.2 Å². The minimum absolute atomic E-state index is 0.0167. The number of rotatable bonds is 3. The fourth-order valence-electron chi connectivity index (χ4n) is 4.52. The van der Waals surface area contributed by atoms with Gasteiger partial charge in [0.15, 0.2) is 0 Å². The fourth-order valence-corrected chi connectivity index (χ4v) is 4.52. The maximum atomic E-state index is 13.0. The van der Waals surface area contributed by atoms with Gasteiger partial charge in [0.1, 0.15) is 30.0 Å². The van der Waals surface area contributed by atoms with E-state index in [9.17, 15) is 9.59 Å². The number of hydrogen-bond acceptors (Lipinski definition) is 7. The highest BCUT2D eigenvalue weighted by Crippen LogP contribution is 2.43. The molecule has 2 aliphatic heterocycles. The average Bonchev–Trinajstić information content (AvgIpc) is 2.86. The smallest absolute Gasteiger partial charge is 0.253 e. The molecule has 4 heterocycles. The van der Waals surface area contributed by atoms with Gasteiger partial charge in [0.25, 0.3) is 5.91 Å². The molecule has 5 rings (SSSR count). The second-order valence-corrected chi connectivity index (χ2v) is 10.6. The lowest BCUT2D eigenvalue weighted by Crippen LogP contribution is -2.44. The molecule has 1 N–H and O–H groups in total. The van der Waals surface area contributed by atoms with Gasteiger partial charge in [0.2, 0.25) is 11.8 Å². The minimum Gasteiger partial charge on any atom is -0.485 e. The van der Waals surface area contributed by atoms with Gasteiger partial charge in [-0.05, 0) is 37.3 Å². The second kappa shape index (κ2) is 9.06. The van der Waals surface area contributed by atoms with E-state index in [4.69, 9.17) is 9.47 Å². The predicted octanol–water partition coefficient (Wildman–Crippen LogP) is 4.81. The minimum atomic E-state index is -0.523. The summed E-state index contributed by atoms with van der Waals surface area (Å²) in [5.74, 6) is 1.68. The largest absolute Gasteiger partial charge is 0.485 e. The molecule has 0 saturated heterocycles. The van der Waals surface area contributed by atoms with E-state index in [0.717, 1.165) is 16.7 Å². The molecule has 0 bridgehead atoms. The molecule has 0 saturated carbocycles. The Bertz CT molecular complexity index is 1400. The van der Waals surface area contributed by atoms with Crippen LogP contribution in [0.5, 0.6) is 11.6 Å². The number of nitrogens with one attached hydrogen (secondary N) is 1. The van der Waals surface area contributed by atoms with Gasteiger partial charge in [0.05, 0.1) is 18.4 Å². The zero-order chi connectivity index (χ0) is 26.5. The third-order valence-electron chi connectivity index (χ3n) is 6.44. The Morgan fingerprint density at radius 3 is 2.59 bits per heavy atom. The number of aromatic nitrogens is 2. The van der Waals surface area contributed by atoms with Crippen molar-refractivity contribution in [3.8, 4) is 22.8 Å². The number of nitrogens with zero attached hydrogens (tertiary/aromatic N) is 4. The molecule has 192 valence electrons. The summed E-state index contributed by atoms with van der Waals surface area (Å²) in [4.78, 5) is 37.7. The molecule has 9 heteroatoms. The van der Waals surface area contributed by atoms with E-state index >= 15 is 0 Å². The van der Waals surface area contributed by atoms with Crippen molar-refractivity contribution < 1.29 is 19.1 Å². The molecule has 0 spiro atoms. The van der Waals surface area contributed by atoms with Crippen LogP contribution in [0.1, 0.15) is 49.7 Å². The molecule has 3 aromatic rings. The number of pyridine rings is 2. The van der Waals surface area contributed by atoms with Crippen LogP contribution in [0.2, 0.25) is 0 Å². The maximum Gasteiger partial charge on any atom is 0.253 e. The summed E-state index contributed by atoms with van der Waals surface area (Å²) in [5, 5.41) is 3.31. The zero-order valence-corrected chi connectivity index (χ0v) is 22.0. The van der Waals surface area contributed by atoms with E-state index in [0.29, 0.717) is 47.5 Å². The Hall–Kier alpha value is -4.14. The molecule has 0 fully saturated rings. The van der Waals surface area contributed by atoms with Crippen LogP contribution in [0, 0.1) is 5.41 Å². The van der Waals surface area contributed by atoms with Gasteiger partial charge in [0, 0.05) is 48.0 Å². The molecular weight excluding hydrogens is 470 g/mol. The first kappa shape index (κ1) is 24.5. The van der Waals surface area contributed by atoms with Crippen molar-refractivity contribution in [2.75, 3.05) is 37.5 Å². The van der Waals surface area contributed by atoms with Crippen LogP contribution in [0.4, 0.5) is 17.2 Å². The first-order valence-electron chi connectivity index (χ1n) is 12.3. The molecule has 2 aliphatic rings. The number of fused-ring (bicyclic) bond motifs is 4. The van der Waals surface area contributed by atoms with Crippen LogP contribution in [0.15, 0.2) is 42.7 Å². The molecule has 2 aromatic heterocycles. The number of anilines is 3. The lowest BCUT2D eigenvalue weighted by Gasteiger charge is -2.33. The Morgan fingerprint density at radius 1 is 1.08 bits per heavy atom. The molecule has 1 atom stereocenters. The first-order chi connectivity index (χ1) is 17.5. The topological polar surface area (TPSA) is 96.9 Å².